The fraction of sp³-hybridized carbons (Fsp3) is 0.200. The molecule has 88 valence electrons. The van der Waals surface area contributed by atoms with Crippen molar-refractivity contribution in [2.24, 2.45) is 0 Å². The first-order valence-corrected chi connectivity index (χ1v) is 6.66. The van der Waals surface area contributed by atoms with Crippen LogP contribution >= 0.6 is 23.2 Å². The zero-order chi connectivity index (χ0) is 12.3. The number of nitrogens with one attached hydrogen (secondary N) is 1. The van der Waals surface area contributed by atoms with Gasteiger partial charge >= 0.3 is 0 Å². The molecule has 1 aromatic carbocycles. The molecular weight excluding hydrogens is 269 g/mol. The van der Waals surface area contributed by atoms with Crippen LogP contribution in [-0.2, 0) is 10.0 Å². The summed E-state index contributed by atoms with van der Waals surface area (Å²) in [4.78, 5) is 0.151. The van der Waals surface area contributed by atoms with Crippen molar-refractivity contribution in [2.45, 2.75) is 11.8 Å². The topological polar surface area (TPSA) is 46.2 Å². The maximum atomic E-state index is 11.8. The van der Waals surface area contributed by atoms with Gasteiger partial charge in [-0.2, -0.15) is 0 Å². The van der Waals surface area contributed by atoms with E-state index in [4.69, 9.17) is 23.2 Å². The second kappa shape index (κ2) is 5.19. The quantitative estimate of drug-likeness (QED) is 0.921. The highest BCUT2D eigenvalue weighted by molar-refractivity contribution is 7.89. The maximum Gasteiger partial charge on any atom is 0.241 e. The molecular formula is C10H11Cl2NO2S. The average molecular weight is 280 g/mol. The molecule has 0 aliphatic heterocycles. The summed E-state index contributed by atoms with van der Waals surface area (Å²) in [5.74, 6) is 0. The molecule has 0 aliphatic rings. The van der Waals surface area contributed by atoms with E-state index in [-0.39, 0.29) is 16.5 Å². The smallest absolute Gasteiger partial charge is 0.207 e. The van der Waals surface area contributed by atoms with Crippen molar-refractivity contribution in [2.75, 3.05) is 6.54 Å². The van der Waals surface area contributed by atoms with Gasteiger partial charge in [-0.15, -0.1) is 0 Å². The molecule has 1 N–H and O–H groups in total. The fourth-order valence-corrected chi connectivity index (χ4v) is 2.79. The van der Waals surface area contributed by atoms with Crippen molar-refractivity contribution in [3.63, 3.8) is 0 Å². The molecule has 3 nitrogen and oxygen atoms in total. The van der Waals surface area contributed by atoms with E-state index in [9.17, 15) is 8.42 Å². The van der Waals surface area contributed by atoms with Crippen molar-refractivity contribution in [3.05, 3.63) is 40.4 Å². The van der Waals surface area contributed by atoms with E-state index in [1.54, 1.807) is 19.1 Å². The zero-order valence-corrected chi connectivity index (χ0v) is 11.0. The number of benzene rings is 1. The predicted octanol–water partition coefficient (Wildman–Crippen LogP) is 2.68. The molecule has 0 saturated carbocycles. The molecule has 0 bridgehead atoms. The Balaban J connectivity index is 3.07. The second-order valence-electron chi connectivity index (χ2n) is 3.25. The van der Waals surface area contributed by atoms with Crippen LogP contribution in [0.25, 0.3) is 0 Å². The average Bonchev–Trinajstić information content (AvgIpc) is 2.19. The molecule has 6 heteroatoms. The Morgan fingerprint density at radius 3 is 2.69 bits per heavy atom. The molecule has 1 rings (SSSR count). The van der Waals surface area contributed by atoms with Gasteiger partial charge in [0.1, 0.15) is 0 Å². The molecule has 0 aromatic heterocycles. The van der Waals surface area contributed by atoms with E-state index in [0.717, 1.165) is 0 Å². The Hall–Kier alpha value is -0.550. The molecule has 0 aliphatic carbocycles. The van der Waals surface area contributed by atoms with Gasteiger partial charge in [0, 0.05) is 16.6 Å². The first-order chi connectivity index (χ1) is 7.33. The highest BCUT2D eigenvalue weighted by Gasteiger charge is 2.16. The molecule has 0 radical (unpaired) electrons. The van der Waals surface area contributed by atoms with Gasteiger partial charge in [-0.3, -0.25) is 0 Å². The van der Waals surface area contributed by atoms with E-state index in [1.165, 1.54) is 6.07 Å². The Morgan fingerprint density at radius 1 is 1.50 bits per heavy atom. The van der Waals surface area contributed by atoms with Crippen molar-refractivity contribution in [1.29, 1.82) is 0 Å². The zero-order valence-electron chi connectivity index (χ0n) is 8.63. The lowest BCUT2D eigenvalue weighted by Gasteiger charge is -2.08. The SMILES string of the molecule is C=C(Cl)CNS(=O)(=O)c1cc(Cl)ccc1C. The first kappa shape index (κ1) is 13.5. The lowest BCUT2D eigenvalue weighted by atomic mass is 10.2. The normalized spacial score (nSPS) is 11.4. The molecule has 0 fully saturated rings. The van der Waals surface area contributed by atoms with Gasteiger partial charge in [-0.25, -0.2) is 13.1 Å². The van der Waals surface area contributed by atoms with Gasteiger partial charge in [-0.1, -0.05) is 35.8 Å². The third-order valence-electron chi connectivity index (χ3n) is 1.89. The van der Waals surface area contributed by atoms with Crippen molar-refractivity contribution in [1.82, 2.24) is 4.72 Å². The number of hydrogen-bond donors (Lipinski definition) is 1. The number of aryl methyl sites for hydroxylation is 1. The summed E-state index contributed by atoms with van der Waals surface area (Å²) in [6, 6.07) is 4.68. The van der Waals surface area contributed by atoms with Gasteiger partial charge in [0.2, 0.25) is 10.0 Å². The van der Waals surface area contributed by atoms with Crippen LogP contribution in [0.4, 0.5) is 0 Å². The summed E-state index contributed by atoms with van der Waals surface area (Å²) >= 11 is 11.2. The number of rotatable bonds is 4. The van der Waals surface area contributed by atoms with Crippen LogP contribution < -0.4 is 4.72 Å². The summed E-state index contributed by atoms with van der Waals surface area (Å²) in [6.07, 6.45) is 0. The third-order valence-corrected chi connectivity index (χ3v) is 3.81. The third kappa shape index (κ3) is 3.49. The Morgan fingerprint density at radius 2 is 2.12 bits per heavy atom. The summed E-state index contributed by atoms with van der Waals surface area (Å²) in [6.45, 7) is 5.09. The summed E-state index contributed by atoms with van der Waals surface area (Å²) in [5.41, 5.74) is 0.622. The highest BCUT2D eigenvalue weighted by atomic mass is 35.5. The molecule has 0 saturated heterocycles. The summed E-state index contributed by atoms with van der Waals surface area (Å²) in [5, 5.41) is 0.596. The lowest BCUT2D eigenvalue weighted by Crippen LogP contribution is -2.25. The van der Waals surface area contributed by atoms with Gasteiger partial charge in [0.05, 0.1) is 4.90 Å². The number of sulfonamides is 1. The monoisotopic (exact) mass is 279 g/mol. The second-order valence-corrected chi connectivity index (χ2v) is 5.96. The van der Waals surface area contributed by atoms with Gasteiger partial charge in [-0.05, 0) is 24.6 Å². The Labute approximate surface area is 105 Å². The van der Waals surface area contributed by atoms with Gasteiger partial charge in [0.15, 0.2) is 0 Å². The largest absolute Gasteiger partial charge is 0.241 e. The van der Waals surface area contributed by atoms with Crippen LogP contribution in [0, 0.1) is 6.92 Å². The molecule has 0 unspecified atom stereocenters. The van der Waals surface area contributed by atoms with Crippen LogP contribution in [-0.4, -0.2) is 15.0 Å². The minimum Gasteiger partial charge on any atom is -0.207 e. The van der Waals surface area contributed by atoms with Crippen LogP contribution in [0.2, 0.25) is 5.02 Å². The van der Waals surface area contributed by atoms with E-state index >= 15 is 0 Å². The molecule has 0 spiro atoms. The van der Waals surface area contributed by atoms with E-state index in [0.29, 0.717) is 10.6 Å². The van der Waals surface area contributed by atoms with E-state index < -0.39 is 10.0 Å². The maximum absolute atomic E-state index is 11.8. The standard InChI is InChI=1S/C10H11Cl2NO2S/c1-7-3-4-9(12)5-10(7)16(14,15)13-6-8(2)11/h3-5,13H,2,6H2,1H3. The molecule has 0 heterocycles. The summed E-state index contributed by atoms with van der Waals surface area (Å²) in [7, 11) is -3.59. The van der Waals surface area contributed by atoms with E-state index in [2.05, 4.69) is 11.3 Å². The number of halogens is 2. The minimum absolute atomic E-state index is 0.00412. The van der Waals surface area contributed by atoms with Crippen molar-refractivity contribution < 1.29 is 8.42 Å². The number of hydrogen-bond acceptors (Lipinski definition) is 2. The van der Waals surface area contributed by atoms with Crippen LogP contribution in [0.3, 0.4) is 0 Å². The van der Waals surface area contributed by atoms with Crippen LogP contribution in [0.1, 0.15) is 5.56 Å². The van der Waals surface area contributed by atoms with Crippen LogP contribution in [0.5, 0.6) is 0 Å². The minimum atomic E-state index is -3.59. The van der Waals surface area contributed by atoms with E-state index in [1.807, 2.05) is 0 Å². The van der Waals surface area contributed by atoms with Gasteiger partial charge in [0.25, 0.3) is 0 Å². The van der Waals surface area contributed by atoms with Gasteiger partial charge < -0.3 is 0 Å². The molecule has 0 amide bonds. The highest BCUT2D eigenvalue weighted by Crippen LogP contribution is 2.20. The van der Waals surface area contributed by atoms with Crippen molar-refractivity contribution >= 4 is 33.2 Å². The van der Waals surface area contributed by atoms with Crippen molar-refractivity contribution in [3.8, 4) is 0 Å². The summed E-state index contributed by atoms with van der Waals surface area (Å²) < 4.78 is 26.0. The first-order valence-electron chi connectivity index (χ1n) is 4.42. The lowest BCUT2D eigenvalue weighted by molar-refractivity contribution is 0.584. The molecule has 0 atom stereocenters. The Bertz CT molecular complexity index is 512. The Kier molecular flexibility index (Phi) is 4.38. The molecule has 16 heavy (non-hydrogen) atoms. The molecule has 1 aromatic rings. The van der Waals surface area contributed by atoms with Crippen LogP contribution in [0.15, 0.2) is 34.7 Å². The fourth-order valence-electron chi connectivity index (χ4n) is 1.11. The predicted molar refractivity (Wildman–Crippen MR) is 66.4 cm³/mol.